The minimum Gasteiger partial charge on any atom is -0.490 e. The molecule has 4 aliphatic rings. The third-order valence-corrected chi connectivity index (χ3v) is 8.70. The number of carbonyl (C=O) groups is 2. The van der Waals surface area contributed by atoms with Crippen molar-refractivity contribution < 1.29 is 24.2 Å². The first-order valence-electron chi connectivity index (χ1n) is 13.5. The smallest absolute Gasteiger partial charge is 0.251 e. The standard InChI is InChI=1S/C29H38N4O5/c1-5-29(6-2)15-23(34)33(27(30)32-29)24-20-13-17(11-12-21(20)38-16-22(24)37-4)26(35)31-25-19-10-8-7-9-18(19)14-28(25,3)36/h7,9,11-13,22,24-25,36H,5-6,8,10,14-16H2,1-4H3,(H2,30,32)(H,31,35)/t22?,24?,25-,28-/m1/s1. The number of nitrogens with one attached hydrogen (secondary N) is 1. The highest BCUT2D eigenvalue weighted by Crippen LogP contribution is 2.42. The van der Waals surface area contributed by atoms with Crippen LogP contribution in [0.25, 0.3) is 0 Å². The van der Waals surface area contributed by atoms with Gasteiger partial charge >= 0.3 is 0 Å². The van der Waals surface area contributed by atoms with Gasteiger partial charge in [0.05, 0.1) is 29.6 Å². The van der Waals surface area contributed by atoms with Crippen molar-refractivity contribution in [3.05, 3.63) is 52.6 Å². The van der Waals surface area contributed by atoms with Crippen molar-refractivity contribution in [1.29, 1.82) is 0 Å². The number of nitrogens with two attached hydrogens (primary N) is 1. The maximum absolute atomic E-state index is 13.5. The Morgan fingerprint density at radius 1 is 1.32 bits per heavy atom. The number of ether oxygens (including phenoxy) is 2. The van der Waals surface area contributed by atoms with Crippen LogP contribution in [0.2, 0.25) is 0 Å². The van der Waals surface area contributed by atoms with E-state index in [9.17, 15) is 14.7 Å². The quantitative estimate of drug-likeness (QED) is 0.527. The lowest BCUT2D eigenvalue weighted by Gasteiger charge is -2.44. The molecule has 0 bridgehead atoms. The molecule has 2 aliphatic heterocycles. The van der Waals surface area contributed by atoms with Gasteiger partial charge in [-0.15, -0.1) is 0 Å². The van der Waals surface area contributed by atoms with Crippen LogP contribution < -0.4 is 15.8 Å². The highest BCUT2D eigenvalue weighted by molar-refractivity contribution is 6.00. The molecule has 0 fully saturated rings. The molecule has 2 unspecified atom stereocenters. The summed E-state index contributed by atoms with van der Waals surface area (Å²) in [4.78, 5) is 33.3. The van der Waals surface area contributed by atoms with Gasteiger partial charge in [-0.3, -0.25) is 14.5 Å². The van der Waals surface area contributed by atoms with Crippen LogP contribution in [-0.4, -0.2) is 64.8 Å². The van der Waals surface area contributed by atoms with Gasteiger partial charge in [-0.2, -0.15) is 0 Å². The van der Waals surface area contributed by atoms with E-state index in [1.807, 2.05) is 13.8 Å². The minimum absolute atomic E-state index is 0.122. The van der Waals surface area contributed by atoms with Crippen molar-refractivity contribution in [2.75, 3.05) is 13.7 Å². The van der Waals surface area contributed by atoms with Crippen molar-refractivity contribution in [2.45, 2.75) is 88.6 Å². The summed E-state index contributed by atoms with van der Waals surface area (Å²) in [5, 5.41) is 14.2. The highest BCUT2D eigenvalue weighted by atomic mass is 16.5. The fourth-order valence-corrected chi connectivity index (χ4v) is 6.36. The second-order valence-corrected chi connectivity index (χ2v) is 11.1. The van der Waals surface area contributed by atoms with E-state index < -0.39 is 29.3 Å². The van der Waals surface area contributed by atoms with Crippen LogP contribution >= 0.6 is 0 Å². The van der Waals surface area contributed by atoms with Crippen LogP contribution in [0.15, 0.2) is 46.5 Å². The molecule has 2 aliphatic carbocycles. The molecule has 0 saturated carbocycles. The van der Waals surface area contributed by atoms with Crippen molar-refractivity contribution >= 4 is 17.8 Å². The lowest BCUT2D eigenvalue weighted by atomic mass is 9.86. The van der Waals surface area contributed by atoms with Gasteiger partial charge in [0, 0.05) is 24.7 Å². The molecular formula is C29H38N4O5. The molecule has 4 N–H and O–H groups in total. The second kappa shape index (κ2) is 9.85. The van der Waals surface area contributed by atoms with E-state index in [1.165, 1.54) is 4.90 Å². The number of benzene rings is 1. The Hall–Kier alpha value is -3.17. The van der Waals surface area contributed by atoms with E-state index in [2.05, 4.69) is 17.5 Å². The summed E-state index contributed by atoms with van der Waals surface area (Å²) in [6, 6.07) is 4.13. The van der Waals surface area contributed by atoms with Gasteiger partial charge in [0.2, 0.25) is 5.91 Å². The maximum atomic E-state index is 13.5. The zero-order valence-corrected chi connectivity index (χ0v) is 22.6. The Labute approximate surface area is 223 Å². The van der Waals surface area contributed by atoms with Gasteiger partial charge in [-0.05, 0) is 62.0 Å². The molecule has 4 atom stereocenters. The van der Waals surface area contributed by atoms with E-state index in [0.717, 1.165) is 24.0 Å². The third kappa shape index (κ3) is 4.41. The number of rotatable bonds is 6. The fraction of sp³-hybridized carbons (Fsp3) is 0.552. The van der Waals surface area contributed by atoms with Crippen molar-refractivity contribution in [3.8, 4) is 5.75 Å². The SMILES string of the molecule is CCC1(CC)CC(=O)N(C2c3cc(C(=O)N[C@@H]4C5=C(C=CCC5)C[C@@]4(C)O)ccc3OCC2OC)C(N)=N1. The molecule has 1 aromatic carbocycles. The molecule has 0 saturated heterocycles. The zero-order valence-electron chi connectivity index (χ0n) is 22.6. The molecule has 2 heterocycles. The Morgan fingerprint density at radius 2 is 2.08 bits per heavy atom. The number of allylic oxidation sites excluding steroid dienone is 2. The average Bonchev–Trinajstić information content (AvgIpc) is 3.16. The summed E-state index contributed by atoms with van der Waals surface area (Å²) < 4.78 is 11.7. The lowest BCUT2D eigenvalue weighted by Crippen LogP contribution is -2.56. The Kier molecular flexibility index (Phi) is 6.86. The molecule has 38 heavy (non-hydrogen) atoms. The molecule has 0 aromatic heterocycles. The molecule has 2 amide bonds. The van der Waals surface area contributed by atoms with Crippen LogP contribution in [0.3, 0.4) is 0 Å². The van der Waals surface area contributed by atoms with Gasteiger partial charge in [-0.1, -0.05) is 26.0 Å². The second-order valence-electron chi connectivity index (χ2n) is 11.1. The number of nitrogens with zero attached hydrogens (tertiary/aromatic N) is 2. The average molecular weight is 523 g/mol. The number of fused-ring (bicyclic) bond motifs is 1. The first-order chi connectivity index (χ1) is 18.1. The molecular weight excluding hydrogens is 484 g/mol. The summed E-state index contributed by atoms with van der Waals surface area (Å²) in [5.41, 5.74) is 8.10. The van der Waals surface area contributed by atoms with Crippen LogP contribution in [-0.2, 0) is 9.53 Å². The van der Waals surface area contributed by atoms with E-state index in [1.54, 1.807) is 32.2 Å². The Balaban J connectivity index is 1.48. The van der Waals surface area contributed by atoms with Crippen molar-refractivity contribution in [1.82, 2.24) is 10.2 Å². The summed E-state index contributed by atoms with van der Waals surface area (Å²) >= 11 is 0. The van der Waals surface area contributed by atoms with Gasteiger partial charge in [0.1, 0.15) is 18.5 Å². The van der Waals surface area contributed by atoms with Crippen molar-refractivity contribution in [2.24, 2.45) is 10.7 Å². The number of guanidine groups is 1. The summed E-state index contributed by atoms with van der Waals surface area (Å²) in [6.45, 7) is 6.03. The van der Waals surface area contributed by atoms with Crippen LogP contribution in [0.1, 0.15) is 81.3 Å². The monoisotopic (exact) mass is 522 g/mol. The van der Waals surface area contributed by atoms with Gasteiger partial charge in [-0.25, -0.2) is 4.99 Å². The highest BCUT2D eigenvalue weighted by Gasteiger charge is 2.46. The van der Waals surface area contributed by atoms with E-state index in [0.29, 0.717) is 36.1 Å². The number of hydrogen-bond acceptors (Lipinski definition) is 7. The van der Waals surface area contributed by atoms with Crippen molar-refractivity contribution in [3.63, 3.8) is 0 Å². The maximum Gasteiger partial charge on any atom is 0.251 e. The topological polar surface area (TPSA) is 126 Å². The summed E-state index contributed by atoms with van der Waals surface area (Å²) in [7, 11) is 1.57. The predicted molar refractivity (Wildman–Crippen MR) is 144 cm³/mol. The number of carbonyl (C=O) groups excluding carboxylic acids is 2. The van der Waals surface area contributed by atoms with Crippen LogP contribution in [0, 0.1) is 0 Å². The molecule has 9 nitrogen and oxygen atoms in total. The number of aliphatic hydroxyl groups is 1. The Bertz CT molecular complexity index is 1230. The molecule has 0 radical (unpaired) electrons. The minimum atomic E-state index is -1.06. The zero-order chi connectivity index (χ0) is 27.2. The number of amides is 2. The molecule has 204 valence electrons. The number of methoxy groups -OCH3 is 1. The fourth-order valence-electron chi connectivity index (χ4n) is 6.36. The van der Waals surface area contributed by atoms with Gasteiger partial charge < -0.3 is 25.6 Å². The molecule has 1 aromatic rings. The third-order valence-electron chi connectivity index (χ3n) is 8.70. The molecule has 9 heteroatoms. The first kappa shape index (κ1) is 26.4. The lowest BCUT2D eigenvalue weighted by molar-refractivity contribution is -0.135. The first-order valence-corrected chi connectivity index (χ1v) is 13.5. The molecule has 0 spiro atoms. The van der Waals surface area contributed by atoms with Gasteiger partial charge in [0.15, 0.2) is 5.96 Å². The molecule has 5 rings (SSSR count). The predicted octanol–water partition coefficient (Wildman–Crippen LogP) is 3.14. The van der Waals surface area contributed by atoms with E-state index in [4.69, 9.17) is 20.2 Å². The summed E-state index contributed by atoms with van der Waals surface area (Å²) in [6.07, 6.45) is 7.56. The number of hydrogen-bond donors (Lipinski definition) is 3. The van der Waals surface area contributed by atoms with E-state index in [-0.39, 0.29) is 30.8 Å². The Morgan fingerprint density at radius 3 is 2.76 bits per heavy atom. The summed E-state index contributed by atoms with van der Waals surface area (Å²) in [5.74, 6) is 0.301. The largest absolute Gasteiger partial charge is 0.490 e. The van der Waals surface area contributed by atoms with Gasteiger partial charge in [0.25, 0.3) is 5.91 Å². The van der Waals surface area contributed by atoms with Crippen LogP contribution in [0.5, 0.6) is 5.75 Å². The van der Waals surface area contributed by atoms with E-state index >= 15 is 0 Å². The van der Waals surface area contributed by atoms with Crippen LogP contribution in [0.4, 0.5) is 0 Å². The normalized spacial score (nSPS) is 29.9. The number of aliphatic imine (C=N–C) groups is 1.